The van der Waals surface area contributed by atoms with Gasteiger partial charge in [0.15, 0.2) is 6.61 Å². The molecule has 1 amide bonds. The maximum atomic E-state index is 10.6. The van der Waals surface area contributed by atoms with E-state index in [-0.39, 0.29) is 12.5 Å². The molecule has 0 saturated heterocycles. The van der Waals surface area contributed by atoms with Crippen LogP contribution in [0, 0.1) is 0 Å². The van der Waals surface area contributed by atoms with Crippen LogP contribution in [0.2, 0.25) is 0 Å². The third-order valence-electron chi connectivity index (χ3n) is 1.60. The Morgan fingerprint density at radius 1 is 1.31 bits per heavy atom. The first-order valence-electron chi connectivity index (χ1n) is 4.55. The summed E-state index contributed by atoms with van der Waals surface area (Å²) in [6, 6.07) is 6.53. The quantitative estimate of drug-likeness (QED) is 0.638. The molecule has 3 N–H and O–H groups in total. The van der Waals surface area contributed by atoms with Gasteiger partial charge in [0.1, 0.15) is 5.75 Å². The summed E-state index contributed by atoms with van der Waals surface area (Å²) in [7, 11) is 0. The third kappa shape index (κ3) is 4.32. The standard InChI is InChI=1S/C10H12N2O4/c1-7(13)11-12-8-2-4-9(5-3-8)16-6-10(14)15/h2-5,12H,6H2,1H3,(H,11,13)(H,14,15). The molecular weight excluding hydrogens is 212 g/mol. The highest BCUT2D eigenvalue weighted by atomic mass is 16.5. The number of ether oxygens (including phenoxy) is 1. The minimum absolute atomic E-state index is 0.203. The summed E-state index contributed by atoms with van der Waals surface area (Å²) in [5.74, 6) is -0.776. The maximum absolute atomic E-state index is 10.6. The number of carboxylic acids is 1. The van der Waals surface area contributed by atoms with Crippen molar-refractivity contribution in [2.24, 2.45) is 0 Å². The predicted molar refractivity (Wildman–Crippen MR) is 57.0 cm³/mol. The fraction of sp³-hybridized carbons (Fsp3) is 0.200. The molecule has 1 rings (SSSR count). The van der Waals surface area contributed by atoms with Crippen molar-refractivity contribution in [3.8, 4) is 5.75 Å². The number of rotatable bonds is 5. The second kappa shape index (κ2) is 5.59. The van der Waals surface area contributed by atoms with Crippen LogP contribution in [-0.4, -0.2) is 23.6 Å². The summed E-state index contributed by atoms with van der Waals surface area (Å²) in [6.07, 6.45) is 0. The van der Waals surface area contributed by atoms with Crippen LogP contribution in [0.15, 0.2) is 24.3 Å². The van der Waals surface area contributed by atoms with Gasteiger partial charge in [-0.2, -0.15) is 0 Å². The number of carboxylic acid groups (broad SMARTS) is 1. The zero-order valence-electron chi connectivity index (χ0n) is 8.69. The van der Waals surface area contributed by atoms with E-state index in [1.54, 1.807) is 24.3 Å². The third-order valence-corrected chi connectivity index (χ3v) is 1.60. The Balaban J connectivity index is 2.47. The number of amides is 1. The van der Waals surface area contributed by atoms with Gasteiger partial charge in [0.05, 0.1) is 5.69 Å². The monoisotopic (exact) mass is 224 g/mol. The van der Waals surface area contributed by atoms with Crippen molar-refractivity contribution in [2.45, 2.75) is 6.92 Å². The zero-order chi connectivity index (χ0) is 12.0. The van der Waals surface area contributed by atoms with Crippen molar-refractivity contribution in [2.75, 3.05) is 12.0 Å². The summed E-state index contributed by atoms with van der Waals surface area (Å²) in [5, 5.41) is 8.39. The Hall–Kier alpha value is -2.24. The number of hydrogen-bond acceptors (Lipinski definition) is 4. The lowest BCUT2D eigenvalue weighted by Gasteiger charge is -2.07. The maximum Gasteiger partial charge on any atom is 0.341 e. The lowest BCUT2D eigenvalue weighted by Crippen LogP contribution is -2.26. The number of nitrogens with one attached hydrogen (secondary N) is 2. The molecule has 0 atom stereocenters. The van der Waals surface area contributed by atoms with Crippen LogP contribution in [0.3, 0.4) is 0 Å². The Bertz CT molecular complexity index is 338. The average molecular weight is 224 g/mol. The lowest BCUT2D eigenvalue weighted by molar-refractivity contribution is -0.139. The van der Waals surface area contributed by atoms with E-state index >= 15 is 0 Å². The molecule has 0 heterocycles. The first kappa shape index (κ1) is 11.8. The van der Waals surface area contributed by atoms with Gasteiger partial charge in [-0.25, -0.2) is 4.79 Å². The average Bonchev–Trinajstić information content (AvgIpc) is 2.25. The molecule has 1 aromatic rings. The van der Waals surface area contributed by atoms with Gasteiger partial charge in [0.2, 0.25) is 5.91 Å². The number of hydrogen-bond donors (Lipinski definition) is 3. The van der Waals surface area contributed by atoms with Crippen LogP contribution >= 0.6 is 0 Å². The number of aliphatic carboxylic acids is 1. The molecule has 0 aromatic heterocycles. The molecule has 86 valence electrons. The molecule has 0 aliphatic rings. The fourth-order valence-corrected chi connectivity index (χ4v) is 0.940. The molecule has 16 heavy (non-hydrogen) atoms. The number of anilines is 1. The Morgan fingerprint density at radius 3 is 2.44 bits per heavy atom. The van der Waals surface area contributed by atoms with E-state index in [9.17, 15) is 9.59 Å². The van der Waals surface area contributed by atoms with Crippen molar-refractivity contribution < 1.29 is 19.4 Å². The number of hydrazine groups is 1. The van der Waals surface area contributed by atoms with Crippen molar-refractivity contribution in [1.82, 2.24) is 5.43 Å². The van der Waals surface area contributed by atoms with Gasteiger partial charge in [0.25, 0.3) is 0 Å². The molecule has 0 radical (unpaired) electrons. The van der Waals surface area contributed by atoms with Gasteiger partial charge in [0, 0.05) is 6.92 Å². The highest BCUT2D eigenvalue weighted by molar-refractivity contribution is 5.74. The SMILES string of the molecule is CC(=O)NNc1ccc(OCC(=O)O)cc1. The first-order valence-corrected chi connectivity index (χ1v) is 4.55. The second-order valence-corrected chi connectivity index (χ2v) is 3.01. The molecule has 1 aromatic carbocycles. The van der Waals surface area contributed by atoms with Crippen LogP contribution in [0.4, 0.5) is 5.69 Å². The van der Waals surface area contributed by atoms with Gasteiger partial charge in [-0.3, -0.25) is 15.6 Å². The summed E-state index contributed by atoms with van der Waals surface area (Å²) >= 11 is 0. The molecule has 0 aliphatic heterocycles. The molecular formula is C10H12N2O4. The van der Waals surface area contributed by atoms with Gasteiger partial charge in [-0.1, -0.05) is 0 Å². The minimum Gasteiger partial charge on any atom is -0.482 e. The Morgan fingerprint density at radius 2 is 1.94 bits per heavy atom. The summed E-state index contributed by atoms with van der Waals surface area (Å²) in [6.45, 7) is 1.01. The fourth-order valence-electron chi connectivity index (χ4n) is 0.940. The van der Waals surface area contributed by atoms with Crippen LogP contribution in [0.5, 0.6) is 5.75 Å². The van der Waals surface area contributed by atoms with E-state index in [0.29, 0.717) is 11.4 Å². The summed E-state index contributed by atoms with van der Waals surface area (Å²) in [5.41, 5.74) is 5.75. The molecule has 0 aliphatic carbocycles. The second-order valence-electron chi connectivity index (χ2n) is 3.01. The largest absolute Gasteiger partial charge is 0.482 e. The summed E-state index contributed by atoms with van der Waals surface area (Å²) < 4.78 is 4.93. The Kier molecular flexibility index (Phi) is 4.14. The molecule has 6 heteroatoms. The van der Waals surface area contributed by atoms with Crippen molar-refractivity contribution in [3.05, 3.63) is 24.3 Å². The molecule has 0 unspecified atom stereocenters. The van der Waals surface area contributed by atoms with Crippen molar-refractivity contribution >= 4 is 17.6 Å². The zero-order valence-corrected chi connectivity index (χ0v) is 8.69. The normalized spacial score (nSPS) is 9.31. The summed E-state index contributed by atoms with van der Waals surface area (Å²) in [4.78, 5) is 20.8. The van der Waals surface area contributed by atoms with E-state index < -0.39 is 5.97 Å². The molecule has 0 fully saturated rings. The van der Waals surface area contributed by atoms with E-state index in [2.05, 4.69) is 10.9 Å². The van der Waals surface area contributed by atoms with Crippen LogP contribution in [-0.2, 0) is 9.59 Å². The highest BCUT2D eigenvalue weighted by Crippen LogP contribution is 2.14. The van der Waals surface area contributed by atoms with Crippen LogP contribution in [0.1, 0.15) is 6.92 Å². The highest BCUT2D eigenvalue weighted by Gasteiger charge is 1.99. The Labute approximate surface area is 92.2 Å². The minimum atomic E-state index is -1.03. The van der Waals surface area contributed by atoms with E-state index in [1.165, 1.54) is 6.92 Å². The predicted octanol–water partition coefficient (Wildman–Crippen LogP) is 0.613. The van der Waals surface area contributed by atoms with Gasteiger partial charge >= 0.3 is 5.97 Å². The van der Waals surface area contributed by atoms with Gasteiger partial charge in [-0.05, 0) is 24.3 Å². The molecule has 0 spiro atoms. The number of benzene rings is 1. The number of carbonyl (C=O) groups excluding carboxylic acids is 1. The van der Waals surface area contributed by atoms with E-state index in [4.69, 9.17) is 9.84 Å². The van der Waals surface area contributed by atoms with Crippen LogP contribution < -0.4 is 15.6 Å². The lowest BCUT2D eigenvalue weighted by atomic mass is 10.3. The van der Waals surface area contributed by atoms with Gasteiger partial charge in [-0.15, -0.1) is 0 Å². The molecule has 0 saturated carbocycles. The molecule has 0 bridgehead atoms. The number of carbonyl (C=O) groups is 2. The van der Waals surface area contributed by atoms with Crippen molar-refractivity contribution in [1.29, 1.82) is 0 Å². The topological polar surface area (TPSA) is 87.7 Å². The van der Waals surface area contributed by atoms with E-state index in [1.807, 2.05) is 0 Å². The van der Waals surface area contributed by atoms with Crippen LogP contribution in [0.25, 0.3) is 0 Å². The van der Waals surface area contributed by atoms with E-state index in [0.717, 1.165) is 0 Å². The first-order chi connectivity index (χ1) is 7.58. The molecule has 6 nitrogen and oxygen atoms in total. The smallest absolute Gasteiger partial charge is 0.341 e. The van der Waals surface area contributed by atoms with Crippen molar-refractivity contribution in [3.63, 3.8) is 0 Å². The van der Waals surface area contributed by atoms with Gasteiger partial charge < -0.3 is 9.84 Å².